The van der Waals surface area contributed by atoms with E-state index < -0.39 is 5.60 Å². The number of ether oxygens (including phenoxy) is 4. The van der Waals surface area contributed by atoms with Crippen LogP contribution in [0.5, 0.6) is 23.0 Å². The fourth-order valence-corrected chi connectivity index (χ4v) is 6.84. The molecule has 5 atom stereocenters. The summed E-state index contributed by atoms with van der Waals surface area (Å²) in [6.45, 7) is 0. The molecule has 0 amide bonds. The minimum absolute atomic E-state index is 0.0381. The second-order valence-electron chi connectivity index (χ2n) is 8.96. The molecular weight excluding hydrogens is 462 g/mol. The Morgan fingerprint density at radius 3 is 2.26 bits per heavy atom. The van der Waals surface area contributed by atoms with Crippen molar-refractivity contribution in [3.05, 3.63) is 83.4 Å². The molecule has 3 aromatic carbocycles. The molecule has 0 spiro atoms. The van der Waals surface area contributed by atoms with Gasteiger partial charge >= 0.3 is 0 Å². The van der Waals surface area contributed by atoms with Gasteiger partial charge in [-0.25, -0.2) is 0 Å². The number of rotatable bonds is 5. The molecule has 7 heteroatoms. The quantitative estimate of drug-likeness (QED) is 0.467. The van der Waals surface area contributed by atoms with Crippen LogP contribution in [0.4, 0.5) is 0 Å². The molecule has 2 heterocycles. The highest BCUT2D eigenvalue weighted by atomic mass is 32.2. The minimum Gasteiger partial charge on any atom is -0.497 e. The van der Waals surface area contributed by atoms with E-state index in [-0.39, 0.29) is 23.9 Å². The van der Waals surface area contributed by atoms with Gasteiger partial charge < -0.3 is 23.8 Å². The van der Waals surface area contributed by atoms with Crippen molar-refractivity contribution >= 4 is 16.8 Å². The van der Waals surface area contributed by atoms with Crippen LogP contribution < -0.4 is 18.9 Å². The summed E-state index contributed by atoms with van der Waals surface area (Å²) in [7, 11) is 5.01. The molecule has 1 aliphatic carbocycles. The van der Waals surface area contributed by atoms with Crippen LogP contribution in [0.15, 0.2) is 71.9 Å². The molecule has 0 N–H and O–H groups in total. The van der Waals surface area contributed by atoms with Gasteiger partial charge in [-0.2, -0.15) is 0 Å². The van der Waals surface area contributed by atoms with Gasteiger partial charge in [-0.05, 0) is 29.5 Å². The number of benzene rings is 3. The van der Waals surface area contributed by atoms with E-state index >= 15 is 0 Å². The first-order valence-electron chi connectivity index (χ1n) is 11.6. The van der Waals surface area contributed by atoms with E-state index in [1.165, 1.54) is 5.56 Å². The van der Waals surface area contributed by atoms with E-state index in [9.17, 15) is 0 Å². The van der Waals surface area contributed by atoms with Crippen LogP contribution in [0, 0.1) is 5.92 Å². The maximum Gasteiger partial charge on any atom is 0.152 e. The van der Waals surface area contributed by atoms with Crippen molar-refractivity contribution < 1.29 is 23.8 Å². The number of hydrogen-bond donors (Lipinski definition) is 0. The maximum absolute atomic E-state index is 7.11. The monoisotopic (exact) mass is 489 g/mol. The predicted octanol–water partition coefficient (Wildman–Crippen LogP) is 5.57. The maximum atomic E-state index is 7.11. The fraction of sp³-hybridized carbons (Fsp3) is 0.321. The topological polar surface area (TPSA) is 58.5 Å². The Balaban J connectivity index is 1.65. The molecule has 0 radical (unpaired) electrons. The Morgan fingerprint density at radius 2 is 1.60 bits per heavy atom. The molecule has 0 bridgehead atoms. The summed E-state index contributed by atoms with van der Waals surface area (Å²) in [5.74, 6) is 2.83. The van der Waals surface area contributed by atoms with Crippen molar-refractivity contribution in [1.29, 1.82) is 0 Å². The van der Waals surface area contributed by atoms with Crippen LogP contribution in [-0.2, 0) is 10.4 Å². The van der Waals surface area contributed by atoms with E-state index in [0.29, 0.717) is 5.75 Å². The number of nitrogens with zero attached hydrogens (tertiary/aromatic N) is 1. The van der Waals surface area contributed by atoms with Gasteiger partial charge in [0, 0.05) is 23.6 Å². The smallest absolute Gasteiger partial charge is 0.152 e. The molecule has 0 saturated heterocycles. The predicted molar refractivity (Wildman–Crippen MR) is 136 cm³/mol. The van der Waals surface area contributed by atoms with Gasteiger partial charge in [-0.1, -0.05) is 47.6 Å². The second-order valence-corrected chi connectivity index (χ2v) is 9.79. The number of fused-ring (bicyclic) bond motifs is 5. The van der Waals surface area contributed by atoms with Gasteiger partial charge in [0.15, 0.2) is 5.60 Å². The highest BCUT2D eigenvalue weighted by Crippen LogP contribution is 2.70. The van der Waals surface area contributed by atoms with Crippen LogP contribution in [0.2, 0.25) is 0 Å². The molecular formula is C28H27NO5S. The number of thioether (sulfide) groups is 1. The van der Waals surface area contributed by atoms with E-state index in [2.05, 4.69) is 47.8 Å². The number of methoxy groups -OCH3 is 3. The van der Waals surface area contributed by atoms with Crippen LogP contribution in [-0.4, -0.2) is 38.7 Å². The molecule has 1 saturated carbocycles. The Bertz CT molecular complexity index is 1280. The van der Waals surface area contributed by atoms with Gasteiger partial charge in [-0.15, -0.1) is 11.8 Å². The molecule has 0 aromatic heterocycles. The van der Waals surface area contributed by atoms with Crippen molar-refractivity contribution in [1.82, 2.24) is 0 Å². The standard InChI is InChI=1S/C28H27NO5S/c1-30-18-12-10-17(11-13-18)28-24(16-8-6-5-7-9-16)23-26(34-29-27(23)35-4)25(28)22-20(32-3)14-19(31-2)15-21(22)33-28/h5-15,23-26H,1-4H3/t23?,24-,25?,26?,28+/m1/s1. The molecule has 180 valence electrons. The first-order valence-corrected chi connectivity index (χ1v) is 12.8. The van der Waals surface area contributed by atoms with Gasteiger partial charge in [-0.3, -0.25) is 0 Å². The van der Waals surface area contributed by atoms with Crippen LogP contribution in [0.3, 0.4) is 0 Å². The summed E-state index contributed by atoms with van der Waals surface area (Å²) in [4.78, 5) is 6.23. The average Bonchev–Trinajstić information content (AvgIpc) is 3.55. The lowest BCUT2D eigenvalue weighted by Crippen LogP contribution is -2.39. The SMILES string of the molecule is COc1ccc([C@@]23Oc4cc(OC)cc(OC)c4C2C2ON=C(SC)C2[C@H]3c2ccccc2)cc1. The van der Waals surface area contributed by atoms with Crippen LogP contribution in [0.1, 0.15) is 28.5 Å². The Kier molecular flexibility index (Phi) is 5.33. The largest absolute Gasteiger partial charge is 0.497 e. The van der Waals surface area contributed by atoms with E-state index in [1.54, 1.807) is 33.1 Å². The molecule has 35 heavy (non-hydrogen) atoms. The highest BCUT2D eigenvalue weighted by Gasteiger charge is 2.71. The Hall–Kier alpha value is -3.32. The molecule has 6 rings (SSSR count). The Morgan fingerprint density at radius 1 is 0.857 bits per heavy atom. The molecule has 6 nitrogen and oxygen atoms in total. The summed E-state index contributed by atoms with van der Waals surface area (Å²) < 4.78 is 24.0. The number of hydrogen-bond acceptors (Lipinski definition) is 7. The highest BCUT2D eigenvalue weighted by molar-refractivity contribution is 8.13. The van der Waals surface area contributed by atoms with Gasteiger partial charge in [0.2, 0.25) is 0 Å². The normalized spacial score (nSPS) is 27.7. The van der Waals surface area contributed by atoms with Gasteiger partial charge in [0.1, 0.15) is 34.1 Å². The van der Waals surface area contributed by atoms with E-state index in [1.807, 2.05) is 30.3 Å². The third-order valence-corrected chi connectivity index (χ3v) is 8.31. The summed E-state index contributed by atoms with van der Waals surface area (Å²) in [6, 6.07) is 22.6. The molecule has 3 unspecified atom stereocenters. The van der Waals surface area contributed by atoms with Crippen molar-refractivity contribution in [2.24, 2.45) is 11.1 Å². The molecule has 3 aliphatic rings. The summed E-state index contributed by atoms with van der Waals surface area (Å²) in [5.41, 5.74) is 2.51. The zero-order chi connectivity index (χ0) is 24.2. The zero-order valence-corrected chi connectivity index (χ0v) is 20.9. The third kappa shape index (κ3) is 3.07. The summed E-state index contributed by atoms with van der Waals surface area (Å²) >= 11 is 1.64. The zero-order valence-electron chi connectivity index (χ0n) is 20.1. The lowest BCUT2D eigenvalue weighted by Gasteiger charge is -2.37. The first-order chi connectivity index (χ1) is 17.2. The first kappa shape index (κ1) is 22.2. The van der Waals surface area contributed by atoms with Crippen LogP contribution in [0.25, 0.3) is 0 Å². The lowest BCUT2D eigenvalue weighted by atomic mass is 9.73. The van der Waals surface area contributed by atoms with Crippen molar-refractivity contribution in [3.8, 4) is 23.0 Å². The van der Waals surface area contributed by atoms with Gasteiger partial charge in [0.05, 0.1) is 33.2 Å². The summed E-state index contributed by atoms with van der Waals surface area (Å²) in [6.07, 6.45) is 1.86. The fourth-order valence-electron chi connectivity index (χ4n) is 6.18. The number of oxime groups is 1. The van der Waals surface area contributed by atoms with E-state index in [4.69, 9.17) is 23.8 Å². The second kappa shape index (κ2) is 8.41. The van der Waals surface area contributed by atoms with Gasteiger partial charge in [0.25, 0.3) is 0 Å². The molecule has 3 aromatic rings. The van der Waals surface area contributed by atoms with Crippen molar-refractivity contribution in [2.45, 2.75) is 23.5 Å². The lowest BCUT2D eigenvalue weighted by molar-refractivity contribution is 0.0191. The van der Waals surface area contributed by atoms with Crippen molar-refractivity contribution in [2.75, 3.05) is 27.6 Å². The molecule has 2 aliphatic heterocycles. The average molecular weight is 490 g/mol. The van der Waals surface area contributed by atoms with E-state index in [0.717, 1.165) is 33.4 Å². The Labute approximate surface area is 209 Å². The van der Waals surface area contributed by atoms with Crippen LogP contribution >= 0.6 is 11.8 Å². The molecule has 1 fully saturated rings. The van der Waals surface area contributed by atoms with Crippen molar-refractivity contribution in [3.63, 3.8) is 0 Å². The summed E-state index contributed by atoms with van der Waals surface area (Å²) in [5, 5.41) is 5.52. The minimum atomic E-state index is -0.734. The third-order valence-electron chi connectivity index (χ3n) is 7.55.